The SMILES string of the molecule is O=C1NC2CSC(CCCCC(=O)N3CCNCC3)C2N1. The molecule has 3 N–H and O–H groups in total. The number of hydrogen-bond acceptors (Lipinski definition) is 4. The van der Waals surface area contributed by atoms with Gasteiger partial charge in [0.1, 0.15) is 0 Å². The molecule has 3 amide bonds. The first-order chi connectivity index (χ1) is 10.2. The number of carbonyl (C=O) groups is 2. The lowest BCUT2D eigenvalue weighted by Crippen LogP contribution is -2.46. The van der Waals surface area contributed by atoms with E-state index in [9.17, 15) is 9.59 Å². The minimum atomic E-state index is -0.0239. The van der Waals surface area contributed by atoms with Gasteiger partial charge in [0.2, 0.25) is 5.91 Å². The van der Waals surface area contributed by atoms with Gasteiger partial charge in [0.05, 0.1) is 12.1 Å². The van der Waals surface area contributed by atoms with Crippen LogP contribution in [0.5, 0.6) is 0 Å². The second-order valence-electron chi connectivity index (χ2n) is 6.00. The Morgan fingerprint density at radius 2 is 2.05 bits per heavy atom. The van der Waals surface area contributed by atoms with E-state index in [1.165, 1.54) is 0 Å². The average Bonchev–Trinajstić information content (AvgIpc) is 3.04. The summed E-state index contributed by atoms with van der Waals surface area (Å²) in [5, 5.41) is 9.74. The molecule has 3 unspecified atom stereocenters. The molecule has 0 aromatic rings. The largest absolute Gasteiger partial charge is 0.340 e. The fraction of sp³-hybridized carbons (Fsp3) is 0.857. The lowest BCUT2D eigenvalue weighted by Gasteiger charge is -2.27. The lowest BCUT2D eigenvalue weighted by molar-refractivity contribution is -0.131. The van der Waals surface area contributed by atoms with Crippen LogP contribution in [0.15, 0.2) is 0 Å². The highest BCUT2D eigenvalue weighted by molar-refractivity contribution is 8.00. The molecule has 7 heteroatoms. The lowest BCUT2D eigenvalue weighted by atomic mass is 10.0. The van der Waals surface area contributed by atoms with Gasteiger partial charge in [-0.15, -0.1) is 0 Å². The van der Waals surface area contributed by atoms with Crippen molar-refractivity contribution >= 4 is 23.7 Å². The van der Waals surface area contributed by atoms with Gasteiger partial charge < -0.3 is 20.9 Å². The van der Waals surface area contributed by atoms with Crippen molar-refractivity contribution in [2.24, 2.45) is 0 Å². The number of carbonyl (C=O) groups excluding carboxylic acids is 2. The maximum Gasteiger partial charge on any atom is 0.315 e. The smallest absolute Gasteiger partial charge is 0.315 e. The molecule has 0 bridgehead atoms. The summed E-state index contributed by atoms with van der Waals surface area (Å²) in [5.41, 5.74) is 0. The number of piperazine rings is 1. The Morgan fingerprint density at radius 3 is 2.86 bits per heavy atom. The molecular weight excluding hydrogens is 288 g/mol. The van der Waals surface area contributed by atoms with Crippen molar-refractivity contribution in [3.63, 3.8) is 0 Å². The molecule has 3 rings (SSSR count). The molecule has 6 nitrogen and oxygen atoms in total. The first-order valence-corrected chi connectivity index (χ1v) is 8.96. The molecule has 21 heavy (non-hydrogen) atoms. The van der Waals surface area contributed by atoms with Crippen molar-refractivity contribution in [2.75, 3.05) is 31.9 Å². The standard InChI is InChI=1S/C14H24N4O2S/c19-12(18-7-5-15-6-8-18)4-2-1-3-11-13-10(9-21-11)16-14(20)17-13/h10-11,13,15H,1-9H2,(H2,16,17,20). The van der Waals surface area contributed by atoms with Gasteiger partial charge >= 0.3 is 6.03 Å². The summed E-state index contributed by atoms with van der Waals surface area (Å²) in [5.74, 6) is 1.30. The summed E-state index contributed by atoms with van der Waals surface area (Å²) in [7, 11) is 0. The molecule has 0 aromatic carbocycles. The molecule has 3 aliphatic rings. The molecule has 0 saturated carbocycles. The molecule has 3 atom stereocenters. The Morgan fingerprint density at radius 1 is 1.24 bits per heavy atom. The summed E-state index contributed by atoms with van der Waals surface area (Å²) in [4.78, 5) is 25.3. The Balaban J connectivity index is 1.33. The van der Waals surface area contributed by atoms with Crippen LogP contribution in [0.4, 0.5) is 4.79 Å². The van der Waals surface area contributed by atoms with Gasteiger partial charge in [-0.05, 0) is 12.8 Å². The van der Waals surface area contributed by atoms with Gasteiger partial charge in [-0.2, -0.15) is 11.8 Å². The number of fused-ring (bicyclic) bond motifs is 1. The number of unbranched alkanes of at least 4 members (excludes halogenated alkanes) is 1. The van der Waals surface area contributed by atoms with E-state index in [0.717, 1.165) is 51.2 Å². The van der Waals surface area contributed by atoms with Crippen molar-refractivity contribution < 1.29 is 9.59 Å². The first kappa shape index (κ1) is 15.0. The van der Waals surface area contributed by atoms with Crippen LogP contribution in [0, 0.1) is 0 Å². The van der Waals surface area contributed by atoms with Crippen LogP contribution in [-0.2, 0) is 4.79 Å². The third kappa shape index (κ3) is 3.63. The van der Waals surface area contributed by atoms with Crippen LogP contribution >= 0.6 is 11.8 Å². The van der Waals surface area contributed by atoms with E-state index < -0.39 is 0 Å². The summed E-state index contributed by atoms with van der Waals surface area (Å²) in [6, 6.07) is 0.561. The van der Waals surface area contributed by atoms with E-state index in [2.05, 4.69) is 16.0 Å². The van der Waals surface area contributed by atoms with E-state index in [1.54, 1.807) is 0 Å². The number of rotatable bonds is 5. The zero-order chi connectivity index (χ0) is 14.7. The van der Waals surface area contributed by atoms with Gasteiger partial charge in [0, 0.05) is 43.6 Å². The van der Waals surface area contributed by atoms with E-state index in [1.807, 2.05) is 16.7 Å². The van der Waals surface area contributed by atoms with Crippen molar-refractivity contribution in [3.8, 4) is 0 Å². The zero-order valence-electron chi connectivity index (χ0n) is 12.3. The molecule has 0 radical (unpaired) electrons. The van der Waals surface area contributed by atoms with E-state index in [0.29, 0.717) is 23.6 Å². The van der Waals surface area contributed by atoms with Gasteiger partial charge in [-0.1, -0.05) is 6.42 Å². The maximum absolute atomic E-state index is 12.0. The Kier molecular flexibility index (Phi) is 4.90. The fourth-order valence-corrected chi connectivity index (χ4v) is 4.88. The molecule has 3 fully saturated rings. The summed E-state index contributed by atoms with van der Waals surface area (Å²) < 4.78 is 0. The highest BCUT2D eigenvalue weighted by atomic mass is 32.2. The highest BCUT2D eigenvalue weighted by Gasteiger charge is 2.42. The van der Waals surface area contributed by atoms with E-state index in [4.69, 9.17) is 0 Å². The second-order valence-corrected chi connectivity index (χ2v) is 7.27. The summed E-state index contributed by atoms with van der Waals surface area (Å²) in [6.07, 6.45) is 3.77. The normalized spacial score (nSPS) is 31.7. The quantitative estimate of drug-likeness (QED) is 0.499. The molecule has 118 valence electrons. The molecule has 0 spiro atoms. The first-order valence-electron chi connectivity index (χ1n) is 7.91. The Hall–Kier alpha value is -0.950. The molecule has 0 aromatic heterocycles. The van der Waals surface area contributed by atoms with Crippen LogP contribution < -0.4 is 16.0 Å². The van der Waals surface area contributed by atoms with Crippen LogP contribution in [0.25, 0.3) is 0 Å². The maximum atomic E-state index is 12.0. The summed E-state index contributed by atoms with van der Waals surface area (Å²) >= 11 is 1.94. The minimum absolute atomic E-state index is 0.0239. The molecule has 3 saturated heterocycles. The zero-order valence-corrected chi connectivity index (χ0v) is 13.1. The van der Waals surface area contributed by atoms with Crippen LogP contribution in [-0.4, -0.2) is 66.1 Å². The summed E-state index contributed by atoms with van der Waals surface area (Å²) in [6.45, 7) is 3.53. The Bertz CT molecular complexity index is 400. The number of urea groups is 1. The third-order valence-corrected chi connectivity index (χ3v) is 6.05. The topological polar surface area (TPSA) is 73.5 Å². The average molecular weight is 312 g/mol. The molecular formula is C14H24N4O2S. The molecule has 3 heterocycles. The monoisotopic (exact) mass is 312 g/mol. The number of thioether (sulfide) groups is 1. The van der Waals surface area contributed by atoms with Crippen molar-refractivity contribution in [1.29, 1.82) is 0 Å². The highest BCUT2D eigenvalue weighted by Crippen LogP contribution is 2.33. The predicted molar refractivity (Wildman–Crippen MR) is 83.4 cm³/mol. The number of hydrogen-bond donors (Lipinski definition) is 3. The second kappa shape index (κ2) is 6.87. The van der Waals surface area contributed by atoms with E-state index in [-0.39, 0.29) is 12.1 Å². The number of nitrogens with one attached hydrogen (secondary N) is 3. The minimum Gasteiger partial charge on any atom is -0.340 e. The Labute approximate surface area is 129 Å². The molecule has 0 aliphatic carbocycles. The van der Waals surface area contributed by atoms with Crippen LogP contribution in [0.1, 0.15) is 25.7 Å². The van der Waals surface area contributed by atoms with Gasteiger partial charge in [-0.3, -0.25) is 4.79 Å². The van der Waals surface area contributed by atoms with Gasteiger partial charge in [-0.25, -0.2) is 4.79 Å². The number of amides is 3. The fourth-order valence-electron chi connectivity index (χ4n) is 3.34. The van der Waals surface area contributed by atoms with Crippen LogP contribution in [0.3, 0.4) is 0 Å². The van der Waals surface area contributed by atoms with Crippen molar-refractivity contribution in [1.82, 2.24) is 20.9 Å². The van der Waals surface area contributed by atoms with Crippen molar-refractivity contribution in [3.05, 3.63) is 0 Å². The van der Waals surface area contributed by atoms with Crippen molar-refractivity contribution in [2.45, 2.75) is 43.0 Å². The third-order valence-electron chi connectivity index (χ3n) is 4.54. The van der Waals surface area contributed by atoms with E-state index >= 15 is 0 Å². The predicted octanol–water partition coefficient (Wildman–Crippen LogP) is 0.144. The van der Waals surface area contributed by atoms with Gasteiger partial charge in [0.15, 0.2) is 0 Å². The molecule has 3 aliphatic heterocycles. The number of nitrogens with zero attached hydrogens (tertiary/aromatic N) is 1. The van der Waals surface area contributed by atoms with Crippen LogP contribution in [0.2, 0.25) is 0 Å². The van der Waals surface area contributed by atoms with Gasteiger partial charge in [0.25, 0.3) is 0 Å².